The molecule has 0 bridgehead atoms. The molecule has 0 radical (unpaired) electrons. The van der Waals surface area contributed by atoms with Crippen LogP contribution in [0.25, 0.3) is 0 Å². The predicted octanol–water partition coefficient (Wildman–Crippen LogP) is -0.987. The van der Waals surface area contributed by atoms with Gasteiger partial charge in [0.1, 0.15) is 13.5 Å². The number of rotatable bonds is 1. The SMILES string of the molecule is CN1COCNC1[N+](=O)[O-]. The first kappa shape index (κ1) is 7.39. The molecule has 1 rings (SSSR count). The molecule has 1 aliphatic heterocycles. The molecular weight excluding hydrogens is 138 g/mol. The van der Waals surface area contributed by atoms with Crippen LogP contribution < -0.4 is 5.32 Å². The average Bonchev–Trinajstić information content (AvgIpc) is 1.88. The largest absolute Gasteiger partial charge is 0.350 e. The lowest BCUT2D eigenvalue weighted by molar-refractivity contribution is -0.566. The molecule has 0 amide bonds. The van der Waals surface area contributed by atoms with Gasteiger partial charge in [-0.15, -0.1) is 0 Å². The van der Waals surface area contributed by atoms with Crippen LogP contribution >= 0.6 is 0 Å². The highest BCUT2D eigenvalue weighted by molar-refractivity contribution is 4.53. The molecule has 0 aromatic carbocycles. The van der Waals surface area contributed by atoms with Gasteiger partial charge in [0.25, 0.3) is 0 Å². The monoisotopic (exact) mass is 147 g/mol. The summed E-state index contributed by atoms with van der Waals surface area (Å²) in [5.74, 6) is 0. The number of hydrogen-bond acceptors (Lipinski definition) is 5. The first-order valence-corrected chi connectivity index (χ1v) is 2.86. The second-order valence-corrected chi connectivity index (χ2v) is 2.10. The van der Waals surface area contributed by atoms with Gasteiger partial charge in [-0.1, -0.05) is 0 Å². The molecule has 1 fully saturated rings. The Bertz CT molecular complexity index is 140. The summed E-state index contributed by atoms with van der Waals surface area (Å²) in [6.07, 6.45) is -0.797. The van der Waals surface area contributed by atoms with Gasteiger partial charge in [-0.3, -0.25) is 10.1 Å². The lowest BCUT2D eigenvalue weighted by Crippen LogP contribution is -2.54. The third-order valence-corrected chi connectivity index (χ3v) is 1.28. The normalized spacial score (nSPS) is 28.3. The van der Waals surface area contributed by atoms with Crippen LogP contribution in [-0.4, -0.2) is 36.6 Å². The van der Waals surface area contributed by atoms with Crippen molar-refractivity contribution in [2.75, 3.05) is 20.5 Å². The third kappa shape index (κ3) is 1.41. The standard InChI is InChI=1S/C4H9N3O3/c1-6-3-10-2-5-4(6)7(8)9/h4-5H,2-3H2,1H3. The van der Waals surface area contributed by atoms with E-state index in [0.717, 1.165) is 0 Å². The molecule has 1 atom stereocenters. The Morgan fingerprint density at radius 2 is 2.60 bits per heavy atom. The van der Waals surface area contributed by atoms with Crippen molar-refractivity contribution in [3.8, 4) is 0 Å². The van der Waals surface area contributed by atoms with Gasteiger partial charge < -0.3 is 4.74 Å². The highest BCUT2D eigenvalue weighted by atomic mass is 16.6. The predicted molar refractivity (Wildman–Crippen MR) is 32.5 cm³/mol. The number of ether oxygens (including phenoxy) is 1. The van der Waals surface area contributed by atoms with Gasteiger partial charge in [-0.2, -0.15) is 0 Å². The highest BCUT2D eigenvalue weighted by Crippen LogP contribution is 1.98. The van der Waals surface area contributed by atoms with Gasteiger partial charge in [-0.05, 0) is 7.05 Å². The Morgan fingerprint density at radius 1 is 1.90 bits per heavy atom. The minimum absolute atomic E-state index is 0.246. The van der Waals surface area contributed by atoms with E-state index in [1.165, 1.54) is 4.90 Å². The Balaban J connectivity index is 2.47. The molecule has 1 heterocycles. The van der Waals surface area contributed by atoms with Gasteiger partial charge >= 0.3 is 6.29 Å². The number of nitrogens with one attached hydrogen (secondary N) is 1. The Labute approximate surface area is 57.9 Å². The molecule has 0 aromatic heterocycles. The van der Waals surface area contributed by atoms with E-state index in [9.17, 15) is 10.1 Å². The molecule has 0 aromatic rings. The fraction of sp³-hybridized carbons (Fsp3) is 1.00. The topological polar surface area (TPSA) is 67.6 Å². The zero-order valence-corrected chi connectivity index (χ0v) is 5.61. The van der Waals surface area contributed by atoms with Crippen LogP contribution in [0.3, 0.4) is 0 Å². The van der Waals surface area contributed by atoms with E-state index >= 15 is 0 Å². The van der Waals surface area contributed by atoms with Crippen LogP contribution in [0.1, 0.15) is 0 Å². The third-order valence-electron chi connectivity index (χ3n) is 1.28. The maximum atomic E-state index is 10.2. The molecule has 1 unspecified atom stereocenters. The quantitative estimate of drug-likeness (QED) is 0.381. The van der Waals surface area contributed by atoms with Crippen molar-refractivity contribution in [2.45, 2.75) is 6.29 Å². The summed E-state index contributed by atoms with van der Waals surface area (Å²) in [5.41, 5.74) is 0. The van der Waals surface area contributed by atoms with E-state index in [1.807, 2.05) is 0 Å². The van der Waals surface area contributed by atoms with Crippen molar-refractivity contribution in [2.24, 2.45) is 0 Å². The molecular formula is C4H9N3O3. The second-order valence-electron chi connectivity index (χ2n) is 2.10. The summed E-state index contributed by atoms with van der Waals surface area (Å²) in [6, 6.07) is 0. The summed E-state index contributed by atoms with van der Waals surface area (Å²) in [5, 5.41) is 12.8. The van der Waals surface area contributed by atoms with Crippen LogP contribution in [0.15, 0.2) is 0 Å². The van der Waals surface area contributed by atoms with E-state index in [-0.39, 0.29) is 11.7 Å². The molecule has 1 aliphatic rings. The van der Waals surface area contributed by atoms with Crippen molar-refractivity contribution >= 4 is 0 Å². The minimum atomic E-state index is -0.797. The Morgan fingerprint density at radius 3 is 3.00 bits per heavy atom. The lowest BCUT2D eigenvalue weighted by atomic mass is 10.6. The van der Waals surface area contributed by atoms with Gasteiger partial charge in [0, 0.05) is 0 Å². The summed E-state index contributed by atoms with van der Waals surface area (Å²) in [6.45, 7) is 0.550. The molecule has 6 heteroatoms. The first-order chi connectivity index (χ1) is 4.72. The highest BCUT2D eigenvalue weighted by Gasteiger charge is 2.27. The lowest BCUT2D eigenvalue weighted by Gasteiger charge is -2.26. The average molecular weight is 147 g/mol. The van der Waals surface area contributed by atoms with Crippen molar-refractivity contribution in [3.05, 3.63) is 10.1 Å². The first-order valence-electron chi connectivity index (χ1n) is 2.86. The summed E-state index contributed by atoms with van der Waals surface area (Å²) in [7, 11) is 1.62. The Kier molecular flexibility index (Phi) is 2.15. The van der Waals surface area contributed by atoms with E-state index in [2.05, 4.69) is 5.32 Å². The van der Waals surface area contributed by atoms with Gasteiger partial charge in [0.15, 0.2) is 0 Å². The molecule has 0 saturated carbocycles. The molecule has 0 aliphatic carbocycles. The molecule has 10 heavy (non-hydrogen) atoms. The summed E-state index contributed by atoms with van der Waals surface area (Å²) < 4.78 is 4.87. The molecule has 58 valence electrons. The smallest absolute Gasteiger partial charge is 0.328 e. The van der Waals surface area contributed by atoms with Gasteiger partial charge in [-0.25, -0.2) is 10.2 Å². The second kappa shape index (κ2) is 2.91. The van der Waals surface area contributed by atoms with Crippen LogP contribution in [-0.2, 0) is 4.74 Å². The van der Waals surface area contributed by atoms with Crippen LogP contribution in [0.5, 0.6) is 0 Å². The van der Waals surface area contributed by atoms with Crippen molar-refractivity contribution < 1.29 is 9.66 Å². The van der Waals surface area contributed by atoms with Gasteiger partial charge in [0.2, 0.25) is 0 Å². The molecule has 0 spiro atoms. The van der Waals surface area contributed by atoms with E-state index < -0.39 is 6.29 Å². The Hall–Kier alpha value is -0.720. The maximum absolute atomic E-state index is 10.2. The number of nitrogens with zero attached hydrogens (tertiary/aromatic N) is 2. The zero-order valence-electron chi connectivity index (χ0n) is 5.61. The number of hydrogen-bond donors (Lipinski definition) is 1. The molecule has 6 nitrogen and oxygen atoms in total. The zero-order chi connectivity index (χ0) is 7.56. The van der Waals surface area contributed by atoms with Crippen molar-refractivity contribution in [1.29, 1.82) is 0 Å². The van der Waals surface area contributed by atoms with Crippen molar-refractivity contribution in [1.82, 2.24) is 10.2 Å². The number of nitro groups is 1. The van der Waals surface area contributed by atoms with E-state index in [0.29, 0.717) is 6.73 Å². The fourth-order valence-corrected chi connectivity index (χ4v) is 0.785. The minimum Gasteiger partial charge on any atom is -0.350 e. The summed E-state index contributed by atoms with van der Waals surface area (Å²) >= 11 is 0. The summed E-state index contributed by atoms with van der Waals surface area (Å²) in [4.78, 5) is 11.3. The van der Waals surface area contributed by atoms with Crippen LogP contribution in [0.4, 0.5) is 0 Å². The molecule has 1 saturated heterocycles. The van der Waals surface area contributed by atoms with Gasteiger partial charge in [0.05, 0.1) is 4.92 Å². The van der Waals surface area contributed by atoms with E-state index in [1.54, 1.807) is 7.05 Å². The van der Waals surface area contributed by atoms with Crippen LogP contribution in [0.2, 0.25) is 0 Å². The molecule has 1 N–H and O–H groups in total. The van der Waals surface area contributed by atoms with Crippen LogP contribution in [0, 0.1) is 10.1 Å². The van der Waals surface area contributed by atoms with E-state index in [4.69, 9.17) is 4.74 Å². The maximum Gasteiger partial charge on any atom is 0.328 e. The van der Waals surface area contributed by atoms with Crippen molar-refractivity contribution in [3.63, 3.8) is 0 Å². The fourth-order valence-electron chi connectivity index (χ4n) is 0.785.